The van der Waals surface area contributed by atoms with Gasteiger partial charge in [0.2, 0.25) is 0 Å². The van der Waals surface area contributed by atoms with Gasteiger partial charge in [0.05, 0.1) is 5.56 Å². The Morgan fingerprint density at radius 1 is 1.39 bits per heavy atom. The number of aryl methyl sites for hydroxylation is 1. The number of hydrogen-bond acceptors (Lipinski definition) is 3. The Labute approximate surface area is 115 Å². The lowest BCUT2D eigenvalue weighted by atomic mass is 10.1. The molecule has 0 amide bonds. The van der Waals surface area contributed by atoms with Gasteiger partial charge in [0, 0.05) is 29.1 Å². The number of hydrogen-bond donors (Lipinski definition) is 1. The van der Waals surface area contributed by atoms with Crippen LogP contribution >= 0.6 is 15.9 Å². The average Bonchev–Trinajstić information content (AvgIpc) is 2.38. The Bertz CT molecular complexity index is 602. The van der Waals surface area contributed by atoms with Crippen molar-refractivity contribution in [3.8, 4) is 6.07 Å². The monoisotopic (exact) mass is 301 g/mol. The molecule has 4 heteroatoms. The van der Waals surface area contributed by atoms with Crippen LogP contribution in [0.5, 0.6) is 0 Å². The van der Waals surface area contributed by atoms with Crippen LogP contribution < -0.4 is 5.32 Å². The molecule has 0 aliphatic heterocycles. The van der Waals surface area contributed by atoms with Crippen LogP contribution in [0.4, 0.5) is 5.69 Å². The van der Waals surface area contributed by atoms with Crippen LogP contribution in [0.15, 0.2) is 41.1 Å². The van der Waals surface area contributed by atoms with E-state index in [2.05, 4.69) is 32.3 Å². The van der Waals surface area contributed by atoms with Gasteiger partial charge in [0.1, 0.15) is 6.07 Å². The van der Waals surface area contributed by atoms with Gasteiger partial charge in [-0.15, -0.1) is 0 Å². The Kier molecular flexibility index (Phi) is 3.96. The summed E-state index contributed by atoms with van der Waals surface area (Å²) in [6, 6.07) is 9.74. The molecule has 18 heavy (non-hydrogen) atoms. The quantitative estimate of drug-likeness (QED) is 0.941. The lowest BCUT2D eigenvalue weighted by Gasteiger charge is -2.09. The summed E-state index contributed by atoms with van der Waals surface area (Å²) in [6.07, 6.45) is 3.64. The van der Waals surface area contributed by atoms with Gasteiger partial charge < -0.3 is 5.32 Å². The van der Waals surface area contributed by atoms with Crippen molar-refractivity contribution < 1.29 is 0 Å². The predicted molar refractivity (Wildman–Crippen MR) is 75.2 cm³/mol. The van der Waals surface area contributed by atoms with Gasteiger partial charge in [-0.3, -0.25) is 4.98 Å². The Morgan fingerprint density at radius 3 is 2.89 bits per heavy atom. The van der Waals surface area contributed by atoms with Gasteiger partial charge in [-0.2, -0.15) is 5.26 Å². The standard InChI is InChI=1S/C14H12BrN3/c1-10-8-17-5-4-12(10)9-18-13-3-2-11(7-16)14(15)6-13/h2-6,8,18H,9H2,1H3. The van der Waals surface area contributed by atoms with Crippen LogP contribution in [0, 0.1) is 18.3 Å². The molecule has 0 bridgehead atoms. The minimum atomic E-state index is 0.639. The molecule has 0 fully saturated rings. The molecule has 0 aliphatic rings. The normalized spacial score (nSPS) is 9.83. The van der Waals surface area contributed by atoms with Crippen molar-refractivity contribution in [2.75, 3.05) is 5.32 Å². The first-order valence-corrected chi connectivity index (χ1v) is 6.33. The molecule has 1 N–H and O–H groups in total. The van der Waals surface area contributed by atoms with Crippen LogP contribution in [0.3, 0.4) is 0 Å². The molecular formula is C14H12BrN3. The van der Waals surface area contributed by atoms with Crippen LogP contribution in [0.2, 0.25) is 0 Å². The molecule has 2 aromatic rings. The molecule has 1 aromatic carbocycles. The summed E-state index contributed by atoms with van der Waals surface area (Å²) in [5.74, 6) is 0. The molecule has 0 atom stereocenters. The molecule has 3 nitrogen and oxygen atoms in total. The minimum absolute atomic E-state index is 0.639. The fourth-order valence-corrected chi connectivity index (χ4v) is 2.08. The number of nitrogens with one attached hydrogen (secondary N) is 1. The molecule has 1 aromatic heterocycles. The fourth-order valence-electron chi connectivity index (χ4n) is 1.61. The van der Waals surface area contributed by atoms with Crippen molar-refractivity contribution in [2.24, 2.45) is 0 Å². The topological polar surface area (TPSA) is 48.7 Å². The maximum Gasteiger partial charge on any atom is 0.100 e. The maximum atomic E-state index is 8.85. The summed E-state index contributed by atoms with van der Waals surface area (Å²) in [6.45, 7) is 2.78. The third kappa shape index (κ3) is 2.88. The highest BCUT2D eigenvalue weighted by molar-refractivity contribution is 9.10. The first-order chi connectivity index (χ1) is 8.70. The number of aromatic nitrogens is 1. The van der Waals surface area contributed by atoms with E-state index in [4.69, 9.17) is 5.26 Å². The third-order valence-corrected chi connectivity index (χ3v) is 3.37. The van der Waals surface area contributed by atoms with Gasteiger partial charge in [-0.05, 0) is 58.2 Å². The number of nitrogens with zero attached hydrogens (tertiary/aromatic N) is 2. The first kappa shape index (κ1) is 12.6. The summed E-state index contributed by atoms with van der Waals surface area (Å²) in [7, 11) is 0. The zero-order valence-corrected chi connectivity index (χ0v) is 11.5. The number of anilines is 1. The van der Waals surface area contributed by atoms with Gasteiger partial charge in [0.25, 0.3) is 0 Å². The number of halogens is 1. The van der Waals surface area contributed by atoms with E-state index in [1.165, 1.54) is 5.56 Å². The molecule has 1 heterocycles. The summed E-state index contributed by atoms with van der Waals surface area (Å²) in [5, 5.41) is 12.2. The maximum absolute atomic E-state index is 8.85. The van der Waals surface area contributed by atoms with Crippen LogP contribution in [0.25, 0.3) is 0 Å². The van der Waals surface area contributed by atoms with Crippen molar-refractivity contribution in [2.45, 2.75) is 13.5 Å². The Morgan fingerprint density at radius 2 is 2.22 bits per heavy atom. The molecule has 0 radical (unpaired) electrons. The second-order valence-corrected chi connectivity index (χ2v) is 4.82. The zero-order valence-electron chi connectivity index (χ0n) is 9.94. The highest BCUT2D eigenvalue weighted by atomic mass is 79.9. The largest absolute Gasteiger partial charge is 0.381 e. The average molecular weight is 302 g/mol. The zero-order chi connectivity index (χ0) is 13.0. The van der Waals surface area contributed by atoms with Crippen LogP contribution in [-0.2, 0) is 6.54 Å². The van der Waals surface area contributed by atoms with Crippen molar-refractivity contribution in [1.82, 2.24) is 4.98 Å². The van der Waals surface area contributed by atoms with E-state index < -0.39 is 0 Å². The first-order valence-electron chi connectivity index (χ1n) is 5.53. The number of nitriles is 1. The van der Waals surface area contributed by atoms with E-state index in [1.807, 2.05) is 31.3 Å². The van der Waals surface area contributed by atoms with Gasteiger partial charge in [-0.25, -0.2) is 0 Å². The van der Waals surface area contributed by atoms with Gasteiger partial charge in [0.15, 0.2) is 0 Å². The molecule has 0 saturated carbocycles. The summed E-state index contributed by atoms with van der Waals surface area (Å²) < 4.78 is 0.807. The number of benzene rings is 1. The van der Waals surface area contributed by atoms with E-state index in [-0.39, 0.29) is 0 Å². The lowest BCUT2D eigenvalue weighted by Crippen LogP contribution is -2.01. The Hall–Kier alpha value is -1.86. The summed E-state index contributed by atoms with van der Waals surface area (Å²) in [4.78, 5) is 4.07. The molecule has 0 saturated heterocycles. The van der Waals surface area contributed by atoms with Gasteiger partial charge in [-0.1, -0.05) is 0 Å². The second-order valence-electron chi connectivity index (χ2n) is 3.96. The minimum Gasteiger partial charge on any atom is -0.381 e. The van der Waals surface area contributed by atoms with Crippen molar-refractivity contribution in [3.63, 3.8) is 0 Å². The van der Waals surface area contributed by atoms with E-state index in [9.17, 15) is 0 Å². The number of pyridine rings is 1. The van der Waals surface area contributed by atoms with Crippen molar-refractivity contribution >= 4 is 21.6 Å². The smallest absolute Gasteiger partial charge is 0.100 e. The molecule has 0 unspecified atom stereocenters. The molecule has 0 spiro atoms. The van der Waals surface area contributed by atoms with E-state index in [0.29, 0.717) is 5.56 Å². The van der Waals surface area contributed by atoms with E-state index in [1.54, 1.807) is 12.3 Å². The summed E-state index contributed by atoms with van der Waals surface area (Å²) >= 11 is 3.38. The molecule has 0 aliphatic carbocycles. The van der Waals surface area contributed by atoms with E-state index in [0.717, 1.165) is 22.3 Å². The van der Waals surface area contributed by atoms with Crippen LogP contribution in [-0.4, -0.2) is 4.98 Å². The van der Waals surface area contributed by atoms with Crippen molar-refractivity contribution in [3.05, 3.63) is 57.8 Å². The van der Waals surface area contributed by atoms with Crippen LogP contribution in [0.1, 0.15) is 16.7 Å². The Balaban J connectivity index is 2.10. The SMILES string of the molecule is Cc1cnccc1CNc1ccc(C#N)c(Br)c1. The molecular weight excluding hydrogens is 290 g/mol. The van der Waals surface area contributed by atoms with Crippen molar-refractivity contribution in [1.29, 1.82) is 5.26 Å². The highest BCUT2D eigenvalue weighted by Crippen LogP contribution is 2.21. The molecule has 90 valence electrons. The number of rotatable bonds is 3. The predicted octanol–water partition coefficient (Wildman–Crippen LogP) is 3.64. The van der Waals surface area contributed by atoms with E-state index >= 15 is 0 Å². The lowest BCUT2D eigenvalue weighted by molar-refractivity contribution is 1.09. The van der Waals surface area contributed by atoms with Gasteiger partial charge >= 0.3 is 0 Å². The molecule has 2 rings (SSSR count). The fraction of sp³-hybridized carbons (Fsp3) is 0.143. The summed E-state index contributed by atoms with van der Waals surface area (Å²) in [5.41, 5.74) is 4.00. The second kappa shape index (κ2) is 5.65. The highest BCUT2D eigenvalue weighted by Gasteiger charge is 2.01. The third-order valence-electron chi connectivity index (χ3n) is 2.71.